The zero-order valence-electron chi connectivity index (χ0n) is 9.22. The van der Waals surface area contributed by atoms with Crippen molar-refractivity contribution >= 4 is 23.2 Å². The summed E-state index contributed by atoms with van der Waals surface area (Å²) in [6, 6.07) is 11.8. The Kier molecular flexibility index (Phi) is 3.56. The van der Waals surface area contributed by atoms with Crippen LogP contribution in [0.5, 0.6) is 0 Å². The van der Waals surface area contributed by atoms with E-state index in [-0.39, 0.29) is 5.69 Å². The lowest BCUT2D eigenvalue weighted by Gasteiger charge is -2.06. The van der Waals surface area contributed by atoms with Crippen LogP contribution in [0.3, 0.4) is 0 Å². The lowest BCUT2D eigenvalue weighted by atomic mass is 10.2. The molecule has 1 N–H and O–H groups in total. The molecule has 0 aliphatic heterocycles. The first-order valence-electron chi connectivity index (χ1n) is 5.13. The molecule has 4 nitrogen and oxygen atoms in total. The normalized spacial score (nSPS) is 9.56. The van der Waals surface area contributed by atoms with Gasteiger partial charge in [-0.05, 0) is 24.3 Å². The molecule has 0 spiro atoms. The molecule has 0 bridgehead atoms. The summed E-state index contributed by atoms with van der Waals surface area (Å²) >= 11 is 5.93. The molecule has 18 heavy (non-hydrogen) atoms. The molecule has 5 heteroatoms. The Morgan fingerprint density at radius 2 is 2.11 bits per heavy atom. The smallest absolute Gasteiger partial charge is 0.274 e. The van der Waals surface area contributed by atoms with E-state index in [1.54, 1.807) is 24.3 Å². The van der Waals surface area contributed by atoms with Crippen molar-refractivity contribution < 1.29 is 4.79 Å². The summed E-state index contributed by atoms with van der Waals surface area (Å²) < 4.78 is 0. The van der Waals surface area contributed by atoms with E-state index >= 15 is 0 Å². The summed E-state index contributed by atoms with van der Waals surface area (Å²) in [5.41, 5.74) is 1.07. The van der Waals surface area contributed by atoms with E-state index in [4.69, 9.17) is 16.9 Å². The maximum absolute atomic E-state index is 11.9. The highest BCUT2D eigenvalue weighted by Gasteiger charge is 2.09. The molecule has 0 saturated carbocycles. The predicted octanol–water partition coefficient (Wildman–Crippen LogP) is 2.86. The molecule has 1 aromatic carbocycles. The molecule has 2 aromatic rings. The highest BCUT2D eigenvalue weighted by Crippen LogP contribution is 2.20. The number of anilines is 1. The van der Waals surface area contributed by atoms with E-state index in [2.05, 4.69) is 10.3 Å². The van der Waals surface area contributed by atoms with Crippen LogP contribution in [-0.2, 0) is 0 Å². The number of nitrogens with zero attached hydrogens (tertiary/aromatic N) is 2. The summed E-state index contributed by atoms with van der Waals surface area (Å²) in [5.74, 6) is -0.403. The number of halogens is 1. The average molecular weight is 258 g/mol. The molecule has 0 unspecified atom stereocenters. The van der Waals surface area contributed by atoms with Crippen molar-refractivity contribution in [3.8, 4) is 6.07 Å². The zero-order chi connectivity index (χ0) is 13.0. The Morgan fingerprint density at radius 1 is 1.33 bits per heavy atom. The number of hydrogen-bond acceptors (Lipinski definition) is 3. The molecule has 0 atom stereocenters. The van der Waals surface area contributed by atoms with Crippen LogP contribution in [0.2, 0.25) is 5.02 Å². The van der Waals surface area contributed by atoms with Crippen molar-refractivity contribution in [2.75, 3.05) is 5.32 Å². The molecular formula is C13H8ClN3O. The van der Waals surface area contributed by atoms with Crippen molar-refractivity contribution in [3.05, 3.63) is 58.9 Å². The van der Waals surface area contributed by atoms with Gasteiger partial charge in [0.15, 0.2) is 0 Å². The third-order valence-corrected chi connectivity index (χ3v) is 2.57. The summed E-state index contributed by atoms with van der Waals surface area (Å²) in [4.78, 5) is 15.8. The average Bonchev–Trinajstić information content (AvgIpc) is 2.41. The minimum Gasteiger partial charge on any atom is -0.319 e. The Labute approximate surface area is 109 Å². The second-order valence-electron chi connectivity index (χ2n) is 3.48. The Bertz CT molecular complexity index is 634. The van der Waals surface area contributed by atoms with Gasteiger partial charge >= 0.3 is 0 Å². The second kappa shape index (κ2) is 5.30. The van der Waals surface area contributed by atoms with Crippen molar-refractivity contribution in [3.63, 3.8) is 0 Å². The van der Waals surface area contributed by atoms with E-state index in [1.165, 1.54) is 18.3 Å². The fourth-order valence-electron chi connectivity index (χ4n) is 1.37. The molecule has 0 saturated heterocycles. The SMILES string of the molecule is N#Cc1ccnc(C(=O)Nc2ccccc2Cl)c1. The van der Waals surface area contributed by atoms with Crippen molar-refractivity contribution in [1.29, 1.82) is 5.26 Å². The number of para-hydroxylation sites is 1. The van der Waals surface area contributed by atoms with Gasteiger partial charge in [-0.25, -0.2) is 0 Å². The third kappa shape index (κ3) is 2.65. The second-order valence-corrected chi connectivity index (χ2v) is 3.88. The van der Waals surface area contributed by atoms with E-state index in [0.29, 0.717) is 16.3 Å². The number of pyridine rings is 1. The highest BCUT2D eigenvalue weighted by atomic mass is 35.5. The molecule has 2 rings (SSSR count). The number of carbonyl (C=O) groups excluding carboxylic acids is 1. The number of carbonyl (C=O) groups is 1. The van der Waals surface area contributed by atoms with Crippen LogP contribution < -0.4 is 5.32 Å². The van der Waals surface area contributed by atoms with Gasteiger partial charge in [0, 0.05) is 6.20 Å². The van der Waals surface area contributed by atoms with Gasteiger partial charge in [-0.15, -0.1) is 0 Å². The van der Waals surface area contributed by atoms with Crippen molar-refractivity contribution in [2.24, 2.45) is 0 Å². The zero-order valence-corrected chi connectivity index (χ0v) is 9.98. The summed E-state index contributed by atoms with van der Waals surface area (Å²) in [7, 11) is 0. The Morgan fingerprint density at radius 3 is 2.83 bits per heavy atom. The van der Waals surface area contributed by atoms with Gasteiger partial charge in [0.2, 0.25) is 0 Å². The van der Waals surface area contributed by atoms with Gasteiger partial charge < -0.3 is 5.32 Å². The van der Waals surface area contributed by atoms with Crippen LogP contribution in [0.25, 0.3) is 0 Å². The quantitative estimate of drug-likeness (QED) is 0.900. The predicted molar refractivity (Wildman–Crippen MR) is 68.4 cm³/mol. The summed E-state index contributed by atoms with van der Waals surface area (Å²) in [6.07, 6.45) is 1.42. The fourth-order valence-corrected chi connectivity index (χ4v) is 1.56. The Hall–Kier alpha value is -2.38. The molecule has 1 heterocycles. The number of benzene rings is 1. The molecule has 88 valence electrons. The lowest BCUT2D eigenvalue weighted by molar-refractivity contribution is 0.102. The number of nitriles is 1. The van der Waals surface area contributed by atoms with Crippen LogP contribution in [-0.4, -0.2) is 10.9 Å². The van der Waals surface area contributed by atoms with Crippen molar-refractivity contribution in [1.82, 2.24) is 4.98 Å². The fraction of sp³-hybridized carbons (Fsp3) is 0. The Balaban J connectivity index is 2.23. The highest BCUT2D eigenvalue weighted by molar-refractivity contribution is 6.33. The number of amides is 1. The van der Waals surface area contributed by atoms with Crippen LogP contribution in [0.4, 0.5) is 5.69 Å². The van der Waals surface area contributed by atoms with Crippen molar-refractivity contribution in [2.45, 2.75) is 0 Å². The molecular weight excluding hydrogens is 250 g/mol. The van der Waals surface area contributed by atoms with E-state index < -0.39 is 5.91 Å². The molecule has 1 amide bonds. The van der Waals surface area contributed by atoms with Crippen LogP contribution in [0, 0.1) is 11.3 Å². The first-order chi connectivity index (χ1) is 8.70. The minimum atomic E-state index is -0.403. The lowest BCUT2D eigenvalue weighted by Crippen LogP contribution is -2.13. The van der Waals surface area contributed by atoms with Gasteiger partial charge in [-0.3, -0.25) is 9.78 Å². The molecule has 0 fully saturated rings. The van der Waals surface area contributed by atoms with Crippen LogP contribution in [0.1, 0.15) is 16.1 Å². The van der Waals surface area contributed by atoms with Gasteiger partial charge in [0.1, 0.15) is 5.69 Å². The van der Waals surface area contributed by atoms with Gasteiger partial charge in [0.25, 0.3) is 5.91 Å². The number of rotatable bonds is 2. The van der Waals surface area contributed by atoms with E-state index in [0.717, 1.165) is 0 Å². The van der Waals surface area contributed by atoms with Gasteiger partial charge in [-0.2, -0.15) is 5.26 Å². The summed E-state index contributed by atoms with van der Waals surface area (Å²) in [5, 5.41) is 11.8. The largest absolute Gasteiger partial charge is 0.319 e. The molecule has 0 aliphatic carbocycles. The number of nitrogens with one attached hydrogen (secondary N) is 1. The minimum absolute atomic E-state index is 0.175. The monoisotopic (exact) mass is 257 g/mol. The van der Waals surface area contributed by atoms with Crippen LogP contribution >= 0.6 is 11.6 Å². The number of hydrogen-bond donors (Lipinski definition) is 1. The standard InChI is InChI=1S/C13H8ClN3O/c14-10-3-1-2-4-11(10)17-13(18)12-7-9(8-15)5-6-16-12/h1-7H,(H,17,18). The summed E-state index contributed by atoms with van der Waals surface area (Å²) in [6.45, 7) is 0. The molecule has 0 aliphatic rings. The number of aromatic nitrogens is 1. The van der Waals surface area contributed by atoms with Gasteiger partial charge in [-0.1, -0.05) is 23.7 Å². The van der Waals surface area contributed by atoms with E-state index in [1.807, 2.05) is 6.07 Å². The molecule has 1 aromatic heterocycles. The topological polar surface area (TPSA) is 65.8 Å². The first kappa shape index (κ1) is 12.1. The maximum Gasteiger partial charge on any atom is 0.274 e. The third-order valence-electron chi connectivity index (χ3n) is 2.24. The maximum atomic E-state index is 11.9. The van der Waals surface area contributed by atoms with E-state index in [9.17, 15) is 4.79 Å². The first-order valence-corrected chi connectivity index (χ1v) is 5.50. The van der Waals surface area contributed by atoms with Crippen LogP contribution in [0.15, 0.2) is 42.6 Å². The molecule has 0 radical (unpaired) electrons. The van der Waals surface area contributed by atoms with Gasteiger partial charge in [0.05, 0.1) is 22.3 Å².